The van der Waals surface area contributed by atoms with Crippen molar-refractivity contribution in [3.8, 4) is 0 Å². The molecule has 0 aliphatic carbocycles. The van der Waals surface area contributed by atoms with Gasteiger partial charge in [-0.15, -0.1) is 0 Å². The predicted molar refractivity (Wildman–Crippen MR) is 93.7 cm³/mol. The first-order valence-electron chi connectivity index (χ1n) is 7.60. The summed E-state index contributed by atoms with van der Waals surface area (Å²) < 4.78 is 0. The normalized spacial score (nSPS) is 10.6. The van der Waals surface area contributed by atoms with Crippen LogP contribution in [0, 0.1) is 0 Å². The third-order valence-electron chi connectivity index (χ3n) is 3.31. The van der Waals surface area contributed by atoms with E-state index in [1.165, 1.54) is 11.8 Å². The lowest BCUT2D eigenvalue weighted by Crippen LogP contribution is -2.45. The van der Waals surface area contributed by atoms with Crippen molar-refractivity contribution in [3.63, 3.8) is 0 Å². The van der Waals surface area contributed by atoms with Gasteiger partial charge in [0.1, 0.15) is 0 Å². The Hall–Kier alpha value is -3.15. The van der Waals surface area contributed by atoms with Gasteiger partial charge in [-0.05, 0) is 29.2 Å². The molecule has 0 saturated carbocycles. The molecule has 0 fully saturated rings. The zero-order chi connectivity index (χ0) is 17.4. The minimum Gasteiger partial charge on any atom is -0.267 e. The van der Waals surface area contributed by atoms with Gasteiger partial charge in [-0.1, -0.05) is 56.3 Å². The molecule has 0 aliphatic rings. The van der Waals surface area contributed by atoms with Crippen molar-refractivity contribution >= 4 is 18.2 Å². The molecule has 0 bridgehead atoms. The fourth-order valence-corrected chi connectivity index (χ4v) is 1.94. The molecule has 0 atom stereocenters. The first kappa shape index (κ1) is 17.2. The molecule has 2 aromatic rings. The predicted octanol–water partition coefficient (Wildman–Crippen LogP) is 2.79. The van der Waals surface area contributed by atoms with E-state index in [0.29, 0.717) is 11.5 Å². The number of carbonyl (C=O) groups excluding carboxylic acids is 2. The van der Waals surface area contributed by atoms with Crippen LogP contribution < -0.4 is 16.3 Å². The Morgan fingerprint density at radius 1 is 0.958 bits per heavy atom. The summed E-state index contributed by atoms with van der Waals surface area (Å²) in [4.78, 5) is 23.3. The fourth-order valence-electron chi connectivity index (χ4n) is 1.94. The first-order valence-corrected chi connectivity index (χ1v) is 7.60. The van der Waals surface area contributed by atoms with Gasteiger partial charge >= 0.3 is 6.03 Å². The van der Waals surface area contributed by atoms with Crippen molar-refractivity contribution in [1.82, 2.24) is 16.3 Å². The molecule has 0 saturated heterocycles. The summed E-state index contributed by atoms with van der Waals surface area (Å²) in [5.74, 6) is 0.0621. The number of nitrogens with zero attached hydrogens (tertiary/aromatic N) is 1. The number of benzene rings is 2. The van der Waals surface area contributed by atoms with Crippen LogP contribution >= 0.6 is 0 Å². The molecule has 124 valence electrons. The summed E-state index contributed by atoms with van der Waals surface area (Å²) in [6.07, 6.45) is 1.53. The SMILES string of the molecule is CC(C)c1ccc(/C=N\NC(=O)NNC(=O)c2ccccc2)cc1. The maximum atomic E-state index is 11.7. The second-order valence-electron chi connectivity index (χ2n) is 5.47. The van der Waals surface area contributed by atoms with Crippen molar-refractivity contribution in [2.45, 2.75) is 19.8 Å². The maximum absolute atomic E-state index is 11.7. The highest BCUT2D eigenvalue weighted by molar-refractivity contribution is 5.95. The third-order valence-corrected chi connectivity index (χ3v) is 3.31. The molecule has 0 aliphatic heterocycles. The molecule has 3 amide bonds. The molecule has 6 nitrogen and oxygen atoms in total. The lowest BCUT2D eigenvalue weighted by molar-refractivity contribution is 0.0936. The van der Waals surface area contributed by atoms with Crippen molar-refractivity contribution in [3.05, 3.63) is 71.3 Å². The van der Waals surface area contributed by atoms with Crippen LogP contribution in [0.15, 0.2) is 59.7 Å². The van der Waals surface area contributed by atoms with E-state index in [2.05, 4.69) is 35.2 Å². The van der Waals surface area contributed by atoms with Crippen LogP contribution in [0.25, 0.3) is 0 Å². The summed E-state index contributed by atoms with van der Waals surface area (Å²) in [5.41, 5.74) is 9.36. The van der Waals surface area contributed by atoms with Gasteiger partial charge in [0.2, 0.25) is 0 Å². The Bertz CT molecular complexity index is 710. The van der Waals surface area contributed by atoms with E-state index in [4.69, 9.17) is 0 Å². The summed E-state index contributed by atoms with van der Waals surface area (Å²) >= 11 is 0. The highest BCUT2D eigenvalue weighted by Gasteiger charge is 2.05. The Kier molecular flexibility index (Phi) is 6.08. The van der Waals surface area contributed by atoms with E-state index in [1.54, 1.807) is 30.3 Å². The van der Waals surface area contributed by atoms with Crippen LogP contribution in [0.5, 0.6) is 0 Å². The lowest BCUT2D eigenvalue weighted by atomic mass is 10.0. The summed E-state index contributed by atoms with van der Waals surface area (Å²) in [5, 5.41) is 3.83. The number of rotatable bonds is 4. The van der Waals surface area contributed by atoms with Crippen LogP contribution in [-0.2, 0) is 0 Å². The van der Waals surface area contributed by atoms with Crippen molar-refractivity contribution in [2.24, 2.45) is 5.10 Å². The van der Waals surface area contributed by atoms with E-state index >= 15 is 0 Å². The maximum Gasteiger partial charge on any atom is 0.353 e. The van der Waals surface area contributed by atoms with Crippen LogP contribution in [0.1, 0.15) is 41.3 Å². The van der Waals surface area contributed by atoms with E-state index in [-0.39, 0.29) is 0 Å². The number of nitrogens with one attached hydrogen (secondary N) is 3. The number of urea groups is 1. The molecule has 0 aromatic heterocycles. The number of hydrazine groups is 1. The lowest BCUT2D eigenvalue weighted by Gasteiger charge is -2.06. The van der Waals surface area contributed by atoms with Gasteiger partial charge < -0.3 is 0 Å². The van der Waals surface area contributed by atoms with Gasteiger partial charge in [0.25, 0.3) is 5.91 Å². The number of hydrazone groups is 1. The van der Waals surface area contributed by atoms with Crippen LogP contribution in [0.4, 0.5) is 4.79 Å². The van der Waals surface area contributed by atoms with Crippen LogP contribution in [-0.4, -0.2) is 18.2 Å². The Balaban J connectivity index is 1.77. The smallest absolute Gasteiger partial charge is 0.267 e. The summed E-state index contributed by atoms with van der Waals surface area (Å²) in [6, 6.07) is 15.8. The first-order chi connectivity index (χ1) is 11.6. The zero-order valence-electron chi connectivity index (χ0n) is 13.6. The van der Waals surface area contributed by atoms with E-state index in [1.807, 2.05) is 24.3 Å². The largest absolute Gasteiger partial charge is 0.353 e. The monoisotopic (exact) mass is 324 g/mol. The minimum atomic E-state index is -0.630. The average molecular weight is 324 g/mol. The number of amides is 3. The second-order valence-corrected chi connectivity index (χ2v) is 5.47. The van der Waals surface area contributed by atoms with Gasteiger partial charge in [0.15, 0.2) is 0 Å². The quantitative estimate of drug-likeness (QED) is 0.597. The molecule has 0 spiro atoms. The topological polar surface area (TPSA) is 82.6 Å². The molecule has 2 rings (SSSR count). The Morgan fingerprint density at radius 3 is 2.25 bits per heavy atom. The average Bonchev–Trinajstić information content (AvgIpc) is 2.61. The van der Waals surface area contributed by atoms with Gasteiger partial charge in [-0.3, -0.25) is 10.2 Å². The standard InChI is InChI=1S/C18H20N4O2/c1-13(2)15-10-8-14(9-11-15)12-19-21-18(24)22-20-17(23)16-6-4-3-5-7-16/h3-13H,1-2H3,(H,20,23)(H2,21,22,24)/b19-12-. The molecule has 6 heteroatoms. The number of hydrogen-bond acceptors (Lipinski definition) is 3. The molecule has 0 radical (unpaired) electrons. The third kappa shape index (κ3) is 5.24. The van der Waals surface area contributed by atoms with E-state index < -0.39 is 11.9 Å². The number of carbonyl (C=O) groups is 2. The highest BCUT2D eigenvalue weighted by Crippen LogP contribution is 2.13. The Morgan fingerprint density at radius 2 is 1.62 bits per heavy atom. The van der Waals surface area contributed by atoms with Crippen LogP contribution in [0.3, 0.4) is 0 Å². The van der Waals surface area contributed by atoms with Crippen LogP contribution in [0.2, 0.25) is 0 Å². The molecule has 3 N–H and O–H groups in total. The van der Waals surface area contributed by atoms with Gasteiger partial charge in [-0.2, -0.15) is 5.10 Å². The minimum absolute atomic E-state index is 0.404. The molecule has 0 heterocycles. The number of hydrogen-bond donors (Lipinski definition) is 3. The molecular weight excluding hydrogens is 304 g/mol. The van der Waals surface area contributed by atoms with Gasteiger partial charge in [-0.25, -0.2) is 15.6 Å². The van der Waals surface area contributed by atoms with Crippen molar-refractivity contribution in [2.75, 3.05) is 0 Å². The van der Waals surface area contributed by atoms with Gasteiger partial charge in [0.05, 0.1) is 6.21 Å². The van der Waals surface area contributed by atoms with Crippen molar-refractivity contribution in [1.29, 1.82) is 0 Å². The highest BCUT2D eigenvalue weighted by atomic mass is 16.2. The summed E-state index contributed by atoms with van der Waals surface area (Å²) in [6.45, 7) is 4.25. The zero-order valence-corrected chi connectivity index (χ0v) is 13.6. The molecular formula is C18H20N4O2. The molecule has 2 aromatic carbocycles. The van der Waals surface area contributed by atoms with Gasteiger partial charge in [0, 0.05) is 5.56 Å². The van der Waals surface area contributed by atoms with E-state index in [0.717, 1.165) is 5.56 Å². The van der Waals surface area contributed by atoms with E-state index in [9.17, 15) is 9.59 Å². The summed E-state index contributed by atoms with van der Waals surface area (Å²) in [7, 11) is 0. The second kappa shape index (κ2) is 8.47. The van der Waals surface area contributed by atoms with Crippen molar-refractivity contribution < 1.29 is 9.59 Å². The fraction of sp³-hybridized carbons (Fsp3) is 0.167. The molecule has 24 heavy (non-hydrogen) atoms. The molecule has 0 unspecified atom stereocenters. The Labute approximate surface area is 140 Å².